The van der Waals surface area contributed by atoms with E-state index in [1.54, 1.807) is 18.7 Å². The highest BCUT2D eigenvalue weighted by Gasteiger charge is 2.25. The maximum atomic E-state index is 6.02. The lowest BCUT2D eigenvalue weighted by Crippen LogP contribution is -2.07. The van der Waals surface area contributed by atoms with Crippen LogP contribution in [0.1, 0.15) is 0 Å². The zero-order valence-electron chi connectivity index (χ0n) is 20.7. The molecule has 0 saturated carbocycles. The van der Waals surface area contributed by atoms with Gasteiger partial charge >= 0.3 is 0 Å². The standard InChI is InChI=1S/C29H23N7O2/c1-37-22-15-13-20(14-16-22)24-26(34-29-31-17-30-18-32-29)33-27-23(19-9-5-3-6-10-19)25(21-11-7-4-8-12-21)35-36(27)28(24)38-2/h3-18H,1-2H3,(H,30,31,32,33,34). The maximum Gasteiger partial charge on any atom is 0.231 e. The smallest absolute Gasteiger partial charge is 0.231 e. The van der Waals surface area contributed by atoms with E-state index in [2.05, 4.69) is 20.3 Å². The van der Waals surface area contributed by atoms with Gasteiger partial charge in [-0.1, -0.05) is 72.8 Å². The summed E-state index contributed by atoms with van der Waals surface area (Å²) in [4.78, 5) is 17.5. The molecular weight excluding hydrogens is 478 g/mol. The van der Waals surface area contributed by atoms with Crippen molar-refractivity contribution in [3.63, 3.8) is 0 Å². The van der Waals surface area contributed by atoms with E-state index in [-0.39, 0.29) is 0 Å². The first kappa shape index (κ1) is 23.1. The lowest BCUT2D eigenvalue weighted by Gasteiger charge is -2.16. The molecule has 3 aromatic carbocycles. The predicted octanol–water partition coefficient (Wildman–Crippen LogP) is 5.68. The molecule has 38 heavy (non-hydrogen) atoms. The third kappa shape index (κ3) is 4.16. The first-order chi connectivity index (χ1) is 18.8. The molecule has 0 amide bonds. The highest BCUT2D eigenvalue weighted by atomic mass is 16.5. The minimum absolute atomic E-state index is 0.359. The quantitative estimate of drug-likeness (QED) is 0.298. The Balaban J connectivity index is 1.69. The van der Waals surface area contributed by atoms with Gasteiger partial charge in [-0.2, -0.15) is 9.61 Å². The Bertz CT molecular complexity index is 1690. The molecule has 0 radical (unpaired) electrons. The number of aromatic nitrogens is 6. The maximum absolute atomic E-state index is 6.02. The minimum atomic E-state index is 0.359. The zero-order valence-corrected chi connectivity index (χ0v) is 20.7. The lowest BCUT2D eigenvalue weighted by molar-refractivity contribution is 0.387. The molecule has 9 nitrogen and oxygen atoms in total. The summed E-state index contributed by atoms with van der Waals surface area (Å²) in [5.41, 5.74) is 5.81. The molecule has 0 aliphatic carbocycles. The SMILES string of the molecule is COc1ccc(-c2c(Nc3ncncn3)nc3c(-c4ccccc4)c(-c4ccccc4)nn3c2OC)cc1. The third-order valence-electron chi connectivity index (χ3n) is 6.13. The molecule has 3 aromatic heterocycles. The summed E-state index contributed by atoms with van der Waals surface area (Å²) in [5, 5.41) is 8.30. The van der Waals surface area contributed by atoms with Gasteiger partial charge in [0.25, 0.3) is 0 Å². The first-order valence-corrected chi connectivity index (χ1v) is 11.9. The van der Waals surface area contributed by atoms with Gasteiger partial charge in [-0.15, -0.1) is 0 Å². The molecule has 0 unspecified atom stereocenters. The topological polar surface area (TPSA) is 99.3 Å². The zero-order chi connectivity index (χ0) is 25.9. The van der Waals surface area contributed by atoms with E-state index in [1.165, 1.54) is 12.7 Å². The van der Waals surface area contributed by atoms with Crippen LogP contribution in [0.25, 0.3) is 39.2 Å². The Labute approximate surface area is 218 Å². The second kappa shape index (κ2) is 9.98. The van der Waals surface area contributed by atoms with Crippen molar-refractivity contribution in [3.05, 3.63) is 97.6 Å². The van der Waals surface area contributed by atoms with Crippen molar-refractivity contribution in [1.29, 1.82) is 0 Å². The summed E-state index contributed by atoms with van der Waals surface area (Å²) in [7, 11) is 3.26. The molecule has 0 aliphatic rings. The highest BCUT2D eigenvalue weighted by Crippen LogP contribution is 2.42. The summed E-state index contributed by atoms with van der Waals surface area (Å²) in [6.45, 7) is 0. The molecule has 0 fully saturated rings. The number of hydrogen-bond acceptors (Lipinski definition) is 8. The molecule has 0 bridgehead atoms. The molecule has 0 saturated heterocycles. The van der Waals surface area contributed by atoms with E-state index in [9.17, 15) is 0 Å². The first-order valence-electron chi connectivity index (χ1n) is 11.9. The minimum Gasteiger partial charge on any atom is -0.497 e. The molecule has 0 atom stereocenters. The van der Waals surface area contributed by atoms with Crippen molar-refractivity contribution in [2.75, 3.05) is 19.5 Å². The van der Waals surface area contributed by atoms with E-state index in [0.29, 0.717) is 28.9 Å². The fraction of sp³-hybridized carbons (Fsp3) is 0.0690. The molecule has 6 aromatic rings. The average Bonchev–Trinajstić information content (AvgIpc) is 3.37. The molecule has 1 N–H and O–H groups in total. The normalized spacial score (nSPS) is 10.9. The number of benzene rings is 3. The molecular formula is C29H23N7O2. The highest BCUT2D eigenvalue weighted by molar-refractivity contribution is 5.93. The van der Waals surface area contributed by atoms with Gasteiger partial charge in [0.1, 0.15) is 29.9 Å². The van der Waals surface area contributed by atoms with Crippen molar-refractivity contribution in [2.24, 2.45) is 0 Å². The second-order valence-corrected chi connectivity index (χ2v) is 8.35. The molecule has 186 valence electrons. The molecule has 3 heterocycles. The van der Waals surface area contributed by atoms with Gasteiger partial charge in [0.2, 0.25) is 11.8 Å². The van der Waals surface area contributed by atoms with Crippen LogP contribution in [0.2, 0.25) is 0 Å². The number of ether oxygens (including phenoxy) is 2. The van der Waals surface area contributed by atoms with Crippen molar-refractivity contribution in [1.82, 2.24) is 29.5 Å². The third-order valence-corrected chi connectivity index (χ3v) is 6.13. The van der Waals surface area contributed by atoms with Gasteiger partial charge in [-0.25, -0.2) is 19.9 Å². The Morgan fingerprint density at radius 1 is 0.684 bits per heavy atom. The molecule has 6 rings (SSSR count). The monoisotopic (exact) mass is 501 g/mol. The Kier molecular flexibility index (Phi) is 6.07. The van der Waals surface area contributed by atoms with Crippen LogP contribution in [0.15, 0.2) is 97.6 Å². The fourth-order valence-corrected chi connectivity index (χ4v) is 4.40. The Morgan fingerprint density at radius 2 is 1.32 bits per heavy atom. The van der Waals surface area contributed by atoms with Crippen molar-refractivity contribution >= 4 is 17.4 Å². The van der Waals surface area contributed by atoms with E-state index in [1.807, 2.05) is 84.9 Å². The number of nitrogens with zero attached hydrogens (tertiary/aromatic N) is 6. The summed E-state index contributed by atoms with van der Waals surface area (Å²) in [6.07, 6.45) is 2.86. The van der Waals surface area contributed by atoms with E-state index in [0.717, 1.165) is 33.7 Å². The van der Waals surface area contributed by atoms with Gasteiger partial charge in [-0.3, -0.25) is 0 Å². The van der Waals surface area contributed by atoms with Crippen LogP contribution in [-0.4, -0.2) is 43.8 Å². The van der Waals surface area contributed by atoms with Gasteiger partial charge in [-0.05, 0) is 23.3 Å². The summed E-state index contributed by atoms with van der Waals surface area (Å²) >= 11 is 0. The number of nitrogens with one attached hydrogen (secondary N) is 1. The van der Waals surface area contributed by atoms with Crippen LogP contribution in [0.4, 0.5) is 11.8 Å². The number of anilines is 2. The van der Waals surface area contributed by atoms with Crippen LogP contribution in [0.3, 0.4) is 0 Å². The van der Waals surface area contributed by atoms with Gasteiger partial charge in [0.05, 0.1) is 25.3 Å². The summed E-state index contributed by atoms with van der Waals surface area (Å²) in [5.74, 6) is 2.13. The van der Waals surface area contributed by atoms with Crippen molar-refractivity contribution in [2.45, 2.75) is 0 Å². The molecule has 0 aliphatic heterocycles. The number of fused-ring (bicyclic) bond motifs is 1. The average molecular weight is 502 g/mol. The van der Waals surface area contributed by atoms with Crippen LogP contribution >= 0.6 is 0 Å². The fourth-order valence-electron chi connectivity index (χ4n) is 4.40. The van der Waals surface area contributed by atoms with Gasteiger partial charge < -0.3 is 14.8 Å². The number of hydrogen-bond donors (Lipinski definition) is 1. The van der Waals surface area contributed by atoms with E-state index in [4.69, 9.17) is 19.6 Å². The van der Waals surface area contributed by atoms with E-state index >= 15 is 0 Å². The second-order valence-electron chi connectivity index (χ2n) is 8.35. The van der Waals surface area contributed by atoms with E-state index < -0.39 is 0 Å². The lowest BCUT2D eigenvalue weighted by atomic mass is 10.0. The molecule has 9 heteroatoms. The molecule has 0 spiro atoms. The van der Waals surface area contributed by atoms with Crippen LogP contribution < -0.4 is 14.8 Å². The van der Waals surface area contributed by atoms with Crippen molar-refractivity contribution < 1.29 is 9.47 Å². The van der Waals surface area contributed by atoms with Crippen LogP contribution in [0, 0.1) is 0 Å². The summed E-state index contributed by atoms with van der Waals surface area (Å²) in [6, 6.07) is 27.8. The van der Waals surface area contributed by atoms with Crippen LogP contribution in [0.5, 0.6) is 11.6 Å². The Morgan fingerprint density at radius 3 is 1.95 bits per heavy atom. The van der Waals surface area contributed by atoms with Crippen molar-refractivity contribution in [3.8, 4) is 45.1 Å². The number of methoxy groups -OCH3 is 2. The van der Waals surface area contributed by atoms with Crippen LogP contribution in [-0.2, 0) is 0 Å². The largest absolute Gasteiger partial charge is 0.497 e. The van der Waals surface area contributed by atoms with Gasteiger partial charge in [0, 0.05) is 5.56 Å². The Hall–Kier alpha value is -5.31. The van der Waals surface area contributed by atoms with Gasteiger partial charge in [0.15, 0.2) is 5.65 Å². The summed E-state index contributed by atoms with van der Waals surface area (Å²) < 4.78 is 13.1. The number of rotatable bonds is 7. The predicted molar refractivity (Wildman–Crippen MR) is 146 cm³/mol.